The van der Waals surface area contributed by atoms with Gasteiger partial charge in [0, 0.05) is 5.56 Å². The molecule has 0 heterocycles. The van der Waals surface area contributed by atoms with Crippen LogP contribution in [-0.2, 0) is 17.6 Å². The lowest BCUT2D eigenvalue weighted by atomic mass is 9.96. The van der Waals surface area contributed by atoms with E-state index in [1.54, 1.807) is 27.4 Å². The first kappa shape index (κ1) is 18.8. The highest BCUT2D eigenvalue weighted by molar-refractivity contribution is 5.90. The van der Waals surface area contributed by atoms with Gasteiger partial charge in [-0.2, -0.15) is 0 Å². The normalized spacial score (nSPS) is 12.3. The second-order valence-electron chi connectivity index (χ2n) is 6.22. The first-order valence-electron chi connectivity index (χ1n) is 8.63. The number of hydrogen-bond donors (Lipinski definition) is 0. The Morgan fingerprint density at radius 1 is 0.889 bits per heavy atom. The van der Waals surface area contributed by atoms with Crippen molar-refractivity contribution < 1.29 is 23.7 Å². The number of benzene rings is 1. The molecule has 2 aromatic carbocycles. The van der Waals surface area contributed by atoms with Crippen molar-refractivity contribution in [3.63, 3.8) is 0 Å². The maximum Gasteiger partial charge on any atom is 0.341 e. The molecule has 1 aliphatic rings. The maximum atomic E-state index is 12.5. The highest BCUT2D eigenvalue weighted by Crippen LogP contribution is 2.48. The smallest absolute Gasteiger partial charge is 0.341 e. The third-order valence-corrected chi connectivity index (χ3v) is 4.81. The van der Waals surface area contributed by atoms with Crippen LogP contribution in [0.5, 0.6) is 17.2 Å². The van der Waals surface area contributed by atoms with Gasteiger partial charge < -0.3 is 18.9 Å². The molecule has 0 fully saturated rings. The summed E-state index contributed by atoms with van der Waals surface area (Å²) >= 11 is 0. The first-order chi connectivity index (χ1) is 13.0. The molecule has 0 aromatic heterocycles. The zero-order chi connectivity index (χ0) is 19.6. The Balaban J connectivity index is 2.37. The predicted molar refractivity (Wildman–Crippen MR) is 101 cm³/mol. The fourth-order valence-corrected chi connectivity index (χ4v) is 3.57. The minimum absolute atomic E-state index is 0.00608. The average molecular weight is 370 g/mol. The van der Waals surface area contributed by atoms with Crippen molar-refractivity contribution >= 4 is 5.97 Å². The highest BCUT2D eigenvalue weighted by atomic mass is 16.5. The molecule has 27 heavy (non-hydrogen) atoms. The molecule has 3 rings (SSSR count). The minimum Gasteiger partial charge on any atom is -0.493 e. The van der Waals surface area contributed by atoms with Crippen molar-refractivity contribution in [1.29, 1.82) is 0 Å². The van der Waals surface area contributed by atoms with Crippen LogP contribution in [0.15, 0.2) is 29.1 Å². The number of hydrogen-bond acceptors (Lipinski definition) is 6. The van der Waals surface area contributed by atoms with E-state index >= 15 is 0 Å². The van der Waals surface area contributed by atoms with Gasteiger partial charge in [0.2, 0.25) is 5.75 Å². The number of ether oxygens (including phenoxy) is 4. The van der Waals surface area contributed by atoms with Gasteiger partial charge in [0.15, 0.2) is 16.9 Å². The summed E-state index contributed by atoms with van der Waals surface area (Å²) in [6, 6.07) is 6.75. The quantitative estimate of drug-likeness (QED) is 0.771. The molecule has 2 aromatic rings. The van der Waals surface area contributed by atoms with Gasteiger partial charge in [0.25, 0.3) is 0 Å². The van der Waals surface area contributed by atoms with Crippen molar-refractivity contribution in [2.24, 2.45) is 0 Å². The number of carbonyl (C=O) groups excluding carboxylic acids is 1. The van der Waals surface area contributed by atoms with Crippen molar-refractivity contribution in [3.05, 3.63) is 51.2 Å². The Hall–Kier alpha value is -3.02. The molecule has 0 radical (unpaired) electrons. The van der Waals surface area contributed by atoms with Crippen molar-refractivity contribution in [2.75, 3.05) is 28.4 Å². The Kier molecular flexibility index (Phi) is 5.35. The van der Waals surface area contributed by atoms with Gasteiger partial charge in [0.1, 0.15) is 5.56 Å². The zero-order valence-corrected chi connectivity index (χ0v) is 15.9. The second kappa shape index (κ2) is 7.70. The van der Waals surface area contributed by atoms with Crippen LogP contribution in [-0.4, -0.2) is 34.4 Å². The Labute approximate surface area is 157 Å². The largest absolute Gasteiger partial charge is 0.493 e. The lowest BCUT2D eigenvalue weighted by molar-refractivity contribution is 0.0599. The Morgan fingerprint density at radius 2 is 1.59 bits per heavy atom. The van der Waals surface area contributed by atoms with E-state index in [4.69, 9.17) is 18.9 Å². The number of aryl methyl sites for hydroxylation is 2. The van der Waals surface area contributed by atoms with E-state index in [0.29, 0.717) is 23.7 Å². The second-order valence-corrected chi connectivity index (χ2v) is 6.22. The number of carbonyl (C=O) groups is 1. The van der Waals surface area contributed by atoms with E-state index < -0.39 is 5.97 Å². The molecule has 0 amide bonds. The summed E-state index contributed by atoms with van der Waals surface area (Å²) in [5.74, 6) is 0.989. The lowest BCUT2D eigenvalue weighted by Gasteiger charge is -2.19. The average Bonchev–Trinajstić information content (AvgIpc) is 2.94. The molecule has 142 valence electrons. The van der Waals surface area contributed by atoms with Crippen LogP contribution in [0.1, 0.15) is 27.9 Å². The van der Waals surface area contributed by atoms with Gasteiger partial charge in [0.05, 0.1) is 28.4 Å². The zero-order valence-electron chi connectivity index (χ0n) is 15.9. The van der Waals surface area contributed by atoms with E-state index in [0.717, 1.165) is 35.1 Å². The summed E-state index contributed by atoms with van der Waals surface area (Å²) in [6.45, 7) is 0. The van der Waals surface area contributed by atoms with Crippen molar-refractivity contribution in [1.82, 2.24) is 0 Å². The monoisotopic (exact) mass is 370 g/mol. The summed E-state index contributed by atoms with van der Waals surface area (Å²) < 4.78 is 21.4. The van der Waals surface area contributed by atoms with Gasteiger partial charge in [-0.05, 0) is 54.2 Å². The summed E-state index contributed by atoms with van der Waals surface area (Å²) in [7, 11) is 5.97. The van der Waals surface area contributed by atoms with Crippen molar-refractivity contribution in [2.45, 2.75) is 19.3 Å². The van der Waals surface area contributed by atoms with Crippen LogP contribution in [0.3, 0.4) is 0 Å². The molecular formula is C21H22O6. The topological polar surface area (TPSA) is 71.1 Å². The number of esters is 1. The minimum atomic E-state index is -0.648. The predicted octanol–water partition coefficient (Wildman–Crippen LogP) is 3.01. The summed E-state index contributed by atoms with van der Waals surface area (Å²) in [5, 5.41) is 0. The van der Waals surface area contributed by atoms with Gasteiger partial charge >= 0.3 is 5.97 Å². The van der Waals surface area contributed by atoms with E-state index in [1.165, 1.54) is 19.2 Å². The number of methoxy groups -OCH3 is 4. The molecule has 1 aliphatic carbocycles. The third-order valence-electron chi connectivity index (χ3n) is 4.81. The molecule has 0 saturated carbocycles. The summed E-state index contributed by atoms with van der Waals surface area (Å²) in [4.78, 5) is 24.4. The highest BCUT2D eigenvalue weighted by Gasteiger charge is 2.25. The standard InChI is InChI=1S/C21H22O6/c1-24-17-11-13-7-5-6-12-10-16(22)15(21(23)27-4)9-8-14(12)18(13)20(26-3)19(17)25-2/h8-11H,5-7H2,1-4H3. The maximum absolute atomic E-state index is 12.5. The van der Waals surface area contributed by atoms with Crippen molar-refractivity contribution in [3.8, 4) is 28.4 Å². The van der Waals surface area contributed by atoms with Crippen LogP contribution in [0.25, 0.3) is 11.1 Å². The number of rotatable bonds is 4. The Morgan fingerprint density at radius 3 is 2.22 bits per heavy atom. The fraction of sp³-hybridized carbons (Fsp3) is 0.333. The summed E-state index contributed by atoms with van der Waals surface area (Å²) in [6.07, 6.45) is 2.38. The molecule has 0 spiro atoms. The fourth-order valence-electron chi connectivity index (χ4n) is 3.57. The van der Waals surface area contributed by atoms with Gasteiger partial charge in [-0.15, -0.1) is 0 Å². The molecule has 0 unspecified atom stereocenters. The SMILES string of the molecule is COC(=O)c1ccc2c(cc1=O)CCCc1cc(OC)c(OC)c(OC)c1-2. The van der Waals surface area contributed by atoms with Crippen LogP contribution in [0, 0.1) is 0 Å². The third kappa shape index (κ3) is 3.23. The molecule has 6 heteroatoms. The lowest BCUT2D eigenvalue weighted by Crippen LogP contribution is -2.13. The molecule has 0 bridgehead atoms. The van der Waals surface area contributed by atoms with E-state index in [-0.39, 0.29) is 11.0 Å². The number of fused-ring (bicyclic) bond motifs is 3. The first-order valence-corrected chi connectivity index (χ1v) is 8.63. The van der Waals surface area contributed by atoms with E-state index in [2.05, 4.69) is 0 Å². The van der Waals surface area contributed by atoms with Gasteiger partial charge in [-0.1, -0.05) is 6.07 Å². The van der Waals surface area contributed by atoms with Crippen LogP contribution in [0.4, 0.5) is 0 Å². The molecule has 0 saturated heterocycles. The molecule has 0 N–H and O–H groups in total. The van der Waals surface area contributed by atoms with Crippen LogP contribution < -0.4 is 19.6 Å². The summed E-state index contributed by atoms with van der Waals surface area (Å²) in [5.41, 5.74) is 3.25. The Bertz CT molecular complexity index is 948. The van der Waals surface area contributed by atoms with Gasteiger partial charge in [-0.3, -0.25) is 4.79 Å². The molecule has 0 atom stereocenters. The van der Waals surface area contributed by atoms with Crippen LogP contribution in [0.2, 0.25) is 0 Å². The molecule has 6 nitrogen and oxygen atoms in total. The molecule has 0 aliphatic heterocycles. The van der Waals surface area contributed by atoms with E-state index in [1.807, 2.05) is 6.07 Å². The van der Waals surface area contributed by atoms with Crippen LogP contribution >= 0.6 is 0 Å². The molecular weight excluding hydrogens is 348 g/mol. The van der Waals surface area contributed by atoms with E-state index in [9.17, 15) is 9.59 Å². The van der Waals surface area contributed by atoms with Gasteiger partial charge in [-0.25, -0.2) is 4.79 Å².